The number of para-hydroxylation sites is 4. The number of aromatic nitrogens is 5. The van der Waals surface area contributed by atoms with Crippen LogP contribution in [0.3, 0.4) is 0 Å². The molecule has 51 heavy (non-hydrogen) atoms. The summed E-state index contributed by atoms with van der Waals surface area (Å²) in [6.45, 7) is 0. The van der Waals surface area contributed by atoms with Crippen LogP contribution in [0.1, 0.15) is 0 Å². The number of rotatable bonds is 4. The first-order valence-electron chi connectivity index (χ1n) is 16.8. The van der Waals surface area contributed by atoms with Crippen molar-refractivity contribution in [1.29, 1.82) is 0 Å². The third-order valence-electron chi connectivity index (χ3n) is 9.79. The van der Waals surface area contributed by atoms with Gasteiger partial charge in [-0.1, -0.05) is 103 Å². The lowest BCUT2D eigenvalue weighted by atomic mass is 10.0. The van der Waals surface area contributed by atoms with E-state index < -0.39 is 0 Å². The summed E-state index contributed by atoms with van der Waals surface area (Å²) in [5.41, 5.74) is 9.12. The Morgan fingerprint density at radius 3 is 1.86 bits per heavy atom. The van der Waals surface area contributed by atoms with Crippen molar-refractivity contribution in [1.82, 2.24) is 24.5 Å². The molecule has 0 unspecified atom stereocenters. The summed E-state index contributed by atoms with van der Waals surface area (Å²) in [7, 11) is 0. The van der Waals surface area contributed by atoms with Gasteiger partial charge in [0.1, 0.15) is 22.3 Å². The standard InChI is InChI=1S/C44H25N5O2/c1-4-13-36-30(8-1)31-9-2-5-14-37(31)49(36)44-47-42(46-43(48-44)28-20-21-33-35-25-45-23-22-39(35)50-40(33)24-28)27-18-16-26(17-19-27)29-11-7-12-34-32-10-3-6-15-38(32)51-41(29)34/h1-25H. The molecule has 7 nitrogen and oxygen atoms in total. The third-order valence-corrected chi connectivity index (χ3v) is 9.79. The highest BCUT2D eigenvalue weighted by Crippen LogP contribution is 2.37. The first-order chi connectivity index (χ1) is 25.3. The molecule has 0 amide bonds. The average Bonchev–Trinajstić information content (AvgIpc) is 3.87. The van der Waals surface area contributed by atoms with Gasteiger partial charge in [-0.2, -0.15) is 9.97 Å². The van der Waals surface area contributed by atoms with Gasteiger partial charge in [0.25, 0.3) is 0 Å². The van der Waals surface area contributed by atoms with Crippen molar-refractivity contribution in [3.63, 3.8) is 0 Å². The van der Waals surface area contributed by atoms with Gasteiger partial charge in [-0.25, -0.2) is 4.98 Å². The fraction of sp³-hybridized carbons (Fsp3) is 0. The molecule has 0 aliphatic rings. The van der Waals surface area contributed by atoms with Crippen molar-refractivity contribution in [2.45, 2.75) is 0 Å². The lowest BCUT2D eigenvalue weighted by molar-refractivity contribution is 0.668. The van der Waals surface area contributed by atoms with E-state index in [2.05, 4.69) is 101 Å². The largest absolute Gasteiger partial charge is 0.456 e. The summed E-state index contributed by atoms with van der Waals surface area (Å²) < 4.78 is 14.7. The van der Waals surface area contributed by atoms with Gasteiger partial charge in [0.15, 0.2) is 11.6 Å². The number of nitrogens with zero attached hydrogens (tertiary/aromatic N) is 5. The first kappa shape index (κ1) is 27.8. The molecule has 238 valence electrons. The van der Waals surface area contributed by atoms with Crippen LogP contribution in [0.4, 0.5) is 0 Å². The SMILES string of the molecule is c1ccc2c(c1)oc1c(-c3ccc(-c4nc(-c5ccc6c(c5)oc5ccncc56)nc(-n5c6ccccc6c6ccccc65)n4)cc3)cccc12. The number of hydrogen-bond acceptors (Lipinski definition) is 6. The maximum absolute atomic E-state index is 6.35. The Kier molecular flexibility index (Phi) is 5.83. The van der Waals surface area contributed by atoms with Gasteiger partial charge >= 0.3 is 0 Å². The summed E-state index contributed by atoms with van der Waals surface area (Å²) in [5, 5.41) is 6.45. The second kappa shape index (κ2) is 10.7. The van der Waals surface area contributed by atoms with E-state index in [0.29, 0.717) is 17.6 Å². The number of furan rings is 2. The van der Waals surface area contributed by atoms with Gasteiger partial charge in [0.2, 0.25) is 5.95 Å². The minimum Gasteiger partial charge on any atom is -0.456 e. The second-order valence-electron chi connectivity index (χ2n) is 12.7. The third kappa shape index (κ3) is 4.25. The predicted molar refractivity (Wildman–Crippen MR) is 203 cm³/mol. The molecule has 0 radical (unpaired) electrons. The Balaban J connectivity index is 1.10. The van der Waals surface area contributed by atoms with E-state index in [0.717, 1.165) is 87.9 Å². The zero-order valence-corrected chi connectivity index (χ0v) is 27.0. The van der Waals surface area contributed by atoms with Crippen molar-refractivity contribution >= 4 is 65.7 Å². The fourth-order valence-electron chi connectivity index (χ4n) is 7.39. The summed E-state index contributed by atoms with van der Waals surface area (Å²) in [6, 6.07) is 47.5. The number of pyridine rings is 1. The molecule has 5 aromatic heterocycles. The second-order valence-corrected chi connectivity index (χ2v) is 12.7. The number of benzene rings is 6. The van der Waals surface area contributed by atoms with Gasteiger partial charge in [0, 0.05) is 61.4 Å². The predicted octanol–water partition coefficient (Wildman–Crippen LogP) is 11.2. The molecule has 7 heteroatoms. The summed E-state index contributed by atoms with van der Waals surface area (Å²) in [4.78, 5) is 19.6. The first-order valence-corrected chi connectivity index (χ1v) is 16.8. The Morgan fingerprint density at radius 1 is 0.431 bits per heavy atom. The Hall–Kier alpha value is -7.12. The molecule has 11 rings (SSSR count). The zero-order chi connectivity index (χ0) is 33.5. The molecule has 0 aliphatic heterocycles. The molecule has 0 saturated heterocycles. The van der Waals surface area contributed by atoms with Gasteiger partial charge < -0.3 is 8.83 Å². The zero-order valence-electron chi connectivity index (χ0n) is 27.0. The van der Waals surface area contributed by atoms with E-state index in [4.69, 9.17) is 23.8 Å². The molecule has 0 bridgehead atoms. The highest BCUT2D eigenvalue weighted by atomic mass is 16.3. The summed E-state index contributed by atoms with van der Waals surface area (Å²) in [5.74, 6) is 1.66. The van der Waals surface area contributed by atoms with Crippen LogP contribution in [0.5, 0.6) is 0 Å². The van der Waals surface area contributed by atoms with Crippen LogP contribution in [-0.2, 0) is 0 Å². The lowest BCUT2D eigenvalue weighted by Crippen LogP contribution is -2.06. The lowest BCUT2D eigenvalue weighted by Gasteiger charge is -2.11. The van der Waals surface area contributed by atoms with E-state index >= 15 is 0 Å². The maximum Gasteiger partial charge on any atom is 0.238 e. The number of fused-ring (bicyclic) bond motifs is 9. The highest BCUT2D eigenvalue weighted by Gasteiger charge is 2.19. The summed E-state index contributed by atoms with van der Waals surface area (Å²) in [6.07, 6.45) is 3.57. The van der Waals surface area contributed by atoms with Crippen LogP contribution in [0, 0.1) is 0 Å². The molecule has 0 aliphatic carbocycles. The van der Waals surface area contributed by atoms with Crippen LogP contribution in [0.2, 0.25) is 0 Å². The quantitative estimate of drug-likeness (QED) is 0.188. The molecular formula is C44H25N5O2. The number of hydrogen-bond donors (Lipinski definition) is 0. The van der Waals surface area contributed by atoms with E-state index in [1.54, 1.807) is 6.20 Å². The van der Waals surface area contributed by atoms with Crippen molar-refractivity contribution in [2.24, 2.45) is 0 Å². The smallest absolute Gasteiger partial charge is 0.238 e. The molecule has 5 heterocycles. The Labute approximate surface area is 290 Å². The highest BCUT2D eigenvalue weighted by molar-refractivity contribution is 6.10. The van der Waals surface area contributed by atoms with Gasteiger partial charge in [-0.15, -0.1) is 0 Å². The maximum atomic E-state index is 6.35. The van der Waals surface area contributed by atoms with Crippen LogP contribution < -0.4 is 0 Å². The molecule has 0 atom stereocenters. The average molecular weight is 656 g/mol. The normalized spacial score (nSPS) is 11.9. The van der Waals surface area contributed by atoms with Gasteiger partial charge in [-0.3, -0.25) is 9.55 Å². The van der Waals surface area contributed by atoms with Crippen molar-refractivity contribution in [3.8, 4) is 39.9 Å². The van der Waals surface area contributed by atoms with Crippen LogP contribution >= 0.6 is 0 Å². The molecule has 11 aromatic rings. The van der Waals surface area contributed by atoms with Crippen molar-refractivity contribution in [2.75, 3.05) is 0 Å². The van der Waals surface area contributed by atoms with E-state index in [1.807, 2.05) is 54.7 Å². The Morgan fingerprint density at radius 2 is 1.06 bits per heavy atom. The molecule has 6 aromatic carbocycles. The minimum atomic E-state index is 0.539. The van der Waals surface area contributed by atoms with Crippen molar-refractivity contribution < 1.29 is 8.83 Å². The van der Waals surface area contributed by atoms with Gasteiger partial charge in [-0.05, 0) is 42.0 Å². The van der Waals surface area contributed by atoms with Gasteiger partial charge in [0.05, 0.1) is 11.0 Å². The van der Waals surface area contributed by atoms with E-state index in [1.165, 1.54) is 0 Å². The minimum absolute atomic E-state index is 0.539. The molecular weight excluding hydrogens is 631 g/mol. The Bertz CT molecular complexity index is 3100. The molecule has 0 fully saturated rings. The molecule has 0 N–H and O–H groups in total. The topological polar surface area (TPSA) is 82.8 Å². The molecule has 0 spiro atoms. The van der Waals surface area contributed by atoms with Crippen LogP contribution in [0.25, 0.3) is 106 Å². The fourth-order valence-corrected chi connectivity index (χ4v) is 7.39. The summed E-state index contributed by atoms with van der Waals surface area (Å²) >= 11 is 0. The monoisotopic (exact) mass is 655 g/mol. The molecule has 0 saturated carbocycles. The van der Waals surface area contributed by atoms with Crippen LogP contribution in [-0.4, -0.2) is 24.5 Å². The van der Waals surface area contributed by atoms with Crippen molar-refractivity contribution in [3.05, 3.63) is 152 Å². The van der Waals surface area contributed by atoms with E-state index in [9.17, 15) is 0 Å². The van der Waals surface area contributed by atoms with E-state index in [-0.39, 0.29) is 0 Å². The van der Waals surface area contributed by atoms with Crippen LogP contribution in [0.15, 0.2) is 161 Å².